The number of nitriles is 1. The Kier molecular flexibility index (Phi) is 8.06. The molecule has 0 fully saturated rings. The second-order valence-corrected chi connectivity index (χ2v) is 8.40. The third-order valence-corrected chi connectivity index (χ3v) is 6.08. The van der Waals surface area contributed by atoms with Gasteiger partial charge in [-0.1, -0.05) is 42.0 Å². The third-order valence-electron chi connectivity index (χ3n) is 6.08. The number of hydrogen-bond donors (Lipinski definition) is 0. The first kappa shape index (κ1) is 25.7. The van der Waals surface area contributed by atoms with Crippen LogP contribution >= 0.6 is 0 Å². The maximum absolute atomic E-state index is 9.07. The van der Waals surface area contributed by atoms with Gasteiger partial charge in [0, 0.05) is 56.5 Å². The number of pyridine rings is 1. The Morgan fingerprint density at radius 3 is 2.68 bits per heavy atom. The van der Waals surface area contributed by atoms with Crippen molar-refractivity contribution in [3.05, 3.63) is 126 Å². The van der Waals surface area contributed by atoms with Gasteiger partial charge in [-0.25, -0.2) is 5.26 Å². The van der Waals surface area contributed by atoms with Crippen LogP contribution in [0, 0.1) is 37.0 Å². The van der Waals surface area contributed by atoms with E-state index in [-0.39, 0.29) is 20.1 Å². The number of aromatic nitrogens is 3. The van der Waals surface area contributed by atoms with Crippen LogP contribution in [0.2, 0.25) is 0 Å². The van der Waals surface area contributed by atoms with Crippen molar-refractivity contribution in [3.8, 4) is 39.8 Å². The number of fused-ring (bicyclic) bond motifs is 3. The summed E-state index contributed by atoms with van der Waals surface area (Å²) in [6, 6.07) is 29.7. The van der Waals surface area contributed by atoms with Gasteiger partial charge in [0.25, 0.3) is 0 Å². The van der Waals surface area contributed by atoms with Gasteiger partial charge < -0.3 is 4.57 Å². The first-order valence-electron chi connectivity index (χ1n) is 11.5. The van der Waals surface area contributed by atoms with Crippen molar-refractivity contribution >= 4 is 5.69 Å². The molecule has 0 aliphatic carbocycles. The molecule has 3 aromatic carbocycles. The van der Waals surface area contributed by atoms with E-state index in [4.69, 9.17) is 11.8 Å². The number of imidazole rings is 1. The molecule has 5 nitrogen and oxygen atoms in total. The number of nitrogens with zero attached hydrogens (tertiary/aromatic N) is 5. The fourth-order valence-corrected chi connectivity index (χ4v) is 4.29. The van der Waals surface area contributed by atoms with Gasteiger partial charge in [-0.3, -0.25) is 14.8 Å². The van der Waals surface area contributed by atoms with E-state index in [0.717, 1.165) is 35.5 Å². The smallest absolute Gasteiger partial charge is 0.125 e. The Labute approximate surface area is 230 Å². The zero-order valence-electron chi connectivity index (χ0n) is 20.1. The van der Waals surface area contributed by atoms with E-state index < -0.39 is 0 Å². The Morgan fingerprint density at radius 1 is 1.08 bits per heavy atom. The minimum atomic E-state index is 0. The van der Waals surface area contributed by atoms with Gasteiger partial charge in [-0.2, -0.15) is 0 Å². The number of hydrogen-bond acceptors (Lipinski definition) is 3. The van der Waals surface area contributed by atoms with Crippen molar-refractivity contribution in [2.24, 2.45) is 0 Å². The predicted molar refractivity (Wildman–Crippen MR) is 140 cm³/mol. The van der Waals surface area contributed by atoms with Crippen molar-refractivity contribution in [1.29, 1.82) is 5.26 Å². The summed E-state index contributed by atoms with van der Waals surface area (Å²) in [5.74, 6) is 1.06. The molecule has 2 aromatic heterocycles. The topological polar surface area (TPSA) is 58.9 Å². The number of rotatable bonds is 2. The molecular weight excluding hydrogens is 635 g/mol. The second-order valence-electron chi connectivity index (χ2n) is 8.40. The zero-order chi connectivity index (χ0) is 24.9. The molecule has 0 bridgehead atoms. The van der Waals surface area contributed by atoms with E-state index in [0.29, 0.717) is 22.5 Å². The summed E-state index contributed by atoms with van der Waals surface area (Å²) < 4.78 is 2.18. The Morgan fingerprint density at radius 2 is 1.92 bits per heavy atom. The summed E-state index contributed by atoms with van der Waals surface area (Å²) in [5.41, 5.74) is 7.93. The molecule has 6 rings (SSSR count). The molecular formula is C31H21IrN5-2. The Hall–Kier alpha value is -4.35. The minimum Gasteiger partial charge on any atom is -0.371 e. The molecule has 0 atom stereocenters. The van der Waals surface area contributed by atoms with Crippen LogP contribution in [0.25, 0.3) is 38.6 Å². The maximum atomic E-state index is 9.07. The summed E-state index contributed by atoms with van der Waals surface area (Å²) in [6.45, 7) is 10.2. The molecule has 0 saturated heterocycles. The fraction of sp³-hybridized carbons (Fsp3) is 0.0968. The Balaban J connectivity index is 0.000000193. The van der Waals surface area contributed by atoms with Gasteiger partial charge in [0.1, 0.15) is 5.69 Å². The zero-order valence-corrected chi connectivity index (χ0v) is 22.5. The van der Waals surface area contributed by atoms with E-state index in [2.05, 4.69) is 37.6 Å². The third kappa shape index (κ3) is 5.57. The van der Waals surface area contributed by atoms with E-state index in [9.17, 15) is 0 Å². The van der Waals surface area contributed by atoms with Crippen molar-refractivity contribution in [2.45, 2.75) is 19.9 Å². The van der Waals surface area contributed by atoms with E-state index in [1.165, 1.54) is 17.2 Å². The molecule has 37 heavy (non-hydrogen) atoms. The van der Waals surface area contributed by atoms with Crippen LogP contribution in [0.4, 0.5) is 5.69 Å². The summed E-state index contributed by atoms with van der Waals surface area (Å²) in [5, 5.41) is 9.07. The molecule has 3 heterocycles. The predicted octanol–water partition coefficient (Wildman–Crippen LogP) is 6.85. The van der Waals surface area contributed by atoms with Crippen LogP contribution in [0.15, 0.2) is 85.3 Å². The molecule has 181 valence electrons. The van der Waals surface area contributed by atoms with Gasteiger partial charge in [-0.05, 0) is 30.5 Å². The Bertz CT molecular complexity index is 1590. The molecule has 1 radical (unpaired) electrons. The van der Waals surface area contributed by atoms with Crippen LogP contribution in [0.1, 0.15) is 16.7 Å². The maximum Gasteiger partial charge on any atom is 0.125 e. The summed E-state index contributed by atoms with van der Waals surface area (Å²) in [4.78, 5) is 12.2. The van der Waals surface area contributed by atoms with Gasteiger partial charge in [0.05, 0.1) is 12.4 Å². The van der Waals surface area contributed by atoms with Crippen molar-refractivity contribution < 1.29 is 20.1 Å². The van der Waals surface area contributed by atoms with Crippen LogP contribution in [0.3, 0.4) is 0 Å². The standard InChI is InChI=1S/C20H12N3.C11H9N2.Ir/c1-14-8-20(17-9-15(12-21)10-18(11-17)22-2)23-13-19(14)16-6-4-3-5-7-16;1-2-4-10-9(3-1)5-7-13-8-6-12-11(10)13;/h3-8,10-11,13H,1H3;1-3,6,8H,5,7H2;/q2*-1;. The summed E-state index contributed by atoms with van der Waals surface area (Å²) in [7, 11) is 0. The number of aryl methyl sites for hydroxylation is 3. The monoisotopic (exact) mass is 656 g/mol. The first-order valence-corrected chi connectivity index (χ1v) is 11.5. The van der Waals surface area contributed by atoms with E-state index >= 15 is 0 Å². The van der Waals surface area contributed by atoms with E-state index in [1.54, 1.807) is 6.07 Å². The first-order chi connectivity index (χ1) is 17.7. The van der Waals surface area contributed by atoms with Gasteiger partial charge in [0.2, 0.25) is 0 Å². The van der Waals surface area contributed by atoms with Crippen LogP contribution < -0.4 is 0 Å². The van der Waals surface area contributed by atoms with Crippen LogP contribution in [-0.2, 0) is 33.1 Å². The quantitative estimate of drug-likeness (QED) is 0.196. The summed E-state index contributed by atoms with van der Waals surface area (Å²) in [6.07, 6.45) is 6.80. The van der Waals surface area contributed by atoms with Crippen molar-refractivity contribution in [3.63, 3.8) is 0 Å². The molecule has 0 N–H and O–H groups in total. The molecule has 1 aliphatic rings. The average Bonchev–Trinajstić information content (AvgIpc) is 3.43. The molecule has 0 saturated carbocycles. The number of benzene rings is 3. The van der Waals surface area contributed by atoms with E-state index in [1.807, 2.05) is 80.1 Å². The fourth-order valence-electron chi connectivity index (χ4n) is 4.29. The van der Waals surface area contributed by atoms with Crippen molar-refractivity contribution in [2.75, 3.05) is 0 Å². The molecule has 0 spiro atoms. The van der Waals surface area contributed by atoms with Crippen molar-refractivity contribution in [1.82, 2.24) is 14.5 Å². The normalized spacial score (nSPS) is 10.9. The molecule has 1 aliphatic heterocycles. The molecule has 0 amide bonds. The largest absolute Gasteiger partial charge is 0.371 e. The molecule has 0 unspecified atom stereocenters. The molecule has 6 heteroatoms. The van der Waals surface area contributed by atoms with Gasteiger partial charge >= 0.3 is 0 Å². The van der Waals surface area contributed by atoms with Gasteiger partial charge in [-0.15, -0.1) is 59.2 Å². The van der Waals surface area contributed by atoms with Gasteiger partial charge in [0.15, 0.2) is 0 Å². The average molecular weight is 656 g/mol. The SMILES string of the molecule is [C-]#[N+]c1cc(C#N)[c-]c(-c2cc(C)c(-c3ccccc3)cn2)c1.[Ir].[c-]1cccc2c1-c1nccn1CC2. The summed E-state index contributed by atoms with van der Waals surface area (Å²) >= 11 is 0. The second kappa shape index (κ2) is 11.6. The van der Waals surface area contributed by atoms with Crippen LogP contribution in [-0.4, -0.2) is 14.5 Å². The van der Waals surface area contributed by atoms with Crippen LogP contribution in [0.5, 0.6) is 0 Å². The minimum absolute atomic E-state index is 0. The molecule has 5 aromatic rings.